The first-order chi connectivity index (χ1) is 12.5. The van der Waals surface area contributed by atoms with E-state index in [2.05, 4.69) is 5.32 Å². The van der Waals surface area contributed by atoms with Gasteiger partial charge in [0.1, 0.15) is 18.1 Å². The van der Waals surface area contributed by atoms with Crippen LogP contribution in [0.4, 0.5) is 17.2 Å². The van der Waals surface area contributed by atoms with Crippen molar-refractivity contribution >= 4 is 23.1 Å². The molecule has 1 aromatic heterocycles. The minimum atomic E-state index is -0.600. The average molecular weight is 357 g/mol. The van der Waals surface area contributed by atoms with E-state index in [4.69, 9.17) is 5.73 Å². The number of para-hydroxylation sites is 1. The first-order valence-corrected chi connectivity index (χ1v) is 8.68. The molecule has 1 aliphatic heterocycles. The third-order valence-corrected chi connectivity index (χ3v) is 4.60. The van der Waals surface area contributed by atoms with Crippen molar-refractivity contribution in [3.63, 3.8) is 0 Å². The minimum absolute atomic E-state index is 0.140. The Kier molecular flexibility index (Phi) is 5.11. The third-order valence-electron chi connectivity index (χ3n) is 4.60. The smallest absolute Gasteiger partial charge is 0.332 e. The lowest BCUT2D eigenvalue weighted by Gasteiger charge is -2.29. The molecule has 1 fully saturated rings. The van der Waals surface area contributed by atoms with E-state index in [1.54, 1.807) is 24.3 Å². The van der Waals surface area contributed by atoms with Crippen molar-refractivity contribution in [1.29, 1.82) is 0 Å². The topological polar surface area (TPSA) is 102 Å². The molecule has 0 spiro atoms. The number of anilines is 3. The van der Waals surface area contributed by atoms with Crippen LogP contribution in [0, 0.1) is 0 Å². The van der Waals surface area contributed by atoms with Gasteiger partial charge in [0, 0.05) is 25.8 Å². The highest BCUT2D eigenvalue weighted by atomic mass is 16.2. The van der Waals surface area contributed by atoms with Gasteiger partial charge in [-0.25, -0.2) is 9.36 Å². The number of aromatic nitrogens is 2. The van der Waals surface area contributed by atoms with E-state index < -0.39 is 17.2 Å². The Labute approximate surface area is 150 Å². The number of nitrogen functional groups attached to an aromatic ring is 1. The van der Waals surface area contributed by atoms with Crippen molar-refractivity contribution in [2.75, 3.05) is 29.0 Å². The van der Waals surface area contributed by atoms with Crippen LogP contribution < -0.4 is 27.2 Å². The molecule has 2 heterocycles. The van der Waals surface area contributed by atoms with Gasteiger partial charge >= 0.3 is 5.69 Å². The monoisotopic (exact) mass is 357 g/mol. The number of hydrogen-bond donors (Lipinski definition) is 2. The summed E-state index contributed by atoms with van der Waals surface area (Å²) in [7, 11) is 1.51. The lowest BCUT2D eigenvalue weighted by Crippen LogP contribution is -2.46. The highest BCUT2D eigenvalue weighted by Crippen LogP contribution is 2.20. The largest absolute Gasteiger partial charge is 0.383 e. The fraction of sp³-hybridized carbons (Fsp3) is 0.389. The number of benzene rings is 1. The third kappa shape index (κ3) is 3.49. The summed E-state index contributed by atoms with van der Waals surface area (Å²) in [5.41, 5.74) is 5.84. The molecule has 138 valence electrons. The van der Waals surface area contributed by atoms with Crippen molar-refractivity contribution in [3.8, 4) is 0 Å². The molecule has 2 aromatic rings. The van der Waals surface area contributed by atoms with Crippen LogP contribution in [0.1, 0.15) is 19.3 Å². The number of hydrogen-bond acceptors (Lipinski definition) is 5. The molecule has 0 radical (unpaired) electrons. The van der Waals surface area contributed by atoms with Crippen molar-refractivity contribution in [2.24, 2.45) is 7.05 Å². The van der Waals surface area contributed by atoms with Crippen LogP contribution in [0.3, 0.4) is 0 Å². The number of rotatable bonds is 4. The van der Waals surface area contributed by atoms with Crippen LogP contribution in [0.25, 0.3) is 0 Å². The van der Waals surface area contributed by atoms with E-state index in [0.29, 0.717) is 24.5 Å². The summed E-state index contributed by atoms with van der Waals surface area (Å²) in [5.74, 6) is -0.300. The second-order valence-corrected chi connectivity index (χ2v) is 6.43. The van der Waals surface area contributed by atoms with E-state index in [0.717, 1.165) is 23.8 Å². The maximum absolute atomic E-state index is 12.9. The standard InChI is InChI=1S/C18H23N5O3/c1-21-16(19)15(22-10-6-3-7-11-22)17(25)23(18(21)26)12-14(24)20-13-8-4-2-5-9-13/h2,4-5,8-9H,3,6-7,10-12,19H2,1H3,(H,20,24). The Bertz CT molecular complexity index is 911. The molecule has 1 aliphatic rings. The van der Waals surface area contributed by atoms with Crippen LogP contribution >= 0.6 is 0 Å². The SMILES string of the molecule is Cn1c(N)c(N2CCCCC2)c(=O)n(CC(=O)Nc2ccccc2)c1=O. The highest BCUT2D eigenvalue weighted by molar-refractivity contribution is 5.90. The molecule has 0 bridgehead atoms. The van der Waals surface area contributed by atoms with Crippen LogP contribution in [0.2, 0.25) is 0 Å². The van der Waals surface area contributed by atoms with Crippen LogP contribution in [-0.2, 0) is 18.4 Å². The molecular weight excluding hydrogens is 334 g/mol. The molecule has 3 N–H and O–H groups in total. The molecule has 8 nitrogen and oxygen atoms in total. The predicted octanol–water partition coefficient (Wildman–Crippen LogP) is 0.758. The molecule has 0 saturated carbocycles. The van der Waals surface area contributed by atoms with Crippen molar-refractivity contribution in [2.45, 2.75) is 25.8 Å². The molecule has 1 aromatic carbocycles. The molecule has 1 saturated heterocycles. The number of nitrogens with zero attached hydrogens (tertiary/aromatic N) is 3. The lowest BCUT2D eigenvalue weighted by molar-refractivity contribution is -0.116. The minimum Gasteiger partial charge on any atom is -0.383 e. The lowest BCUT2D eigenvalue weighted by atomic mass is 10.1. The summed E-state index contributed by atoms with van der Waals surface area (Å²) in [4.78, 5) is 39.6. The molecule has 0 atom stereocenters. The molecule has 26 heavy (non-hydrogen) atoms. The Morgan fingerprint density at radius 1 is 1.12 bits per heavy atom. The first-order valence-electron chi connectivity index (χ1n) is 8.68. The zero-order valence-electron chi connectivity index (χ0n) is 14.8. The van der Waals surface area contributed by atoms with Gasteiger partial charge in [-0.2, -0.15) is 0 Å². The second kappa shape index (κ2) is 7.47. The van der Waals surface area contributed by atoms with Crippen molar-refractivity contribution in [1.82, 2.24) is 9.13 Å². The molecule has 0 unspecified atom stereocenters. The highest BCUT2D eigenvalue weighted by Gasteiger charge is 2.23. The molecule has 3 rings (SSSR count). The van der Waals surface area contributed by atoms with E-state index in [-0.39, 0.29) is 12.4 Å². The average Bonchev–Trinajstić information content (AvgIpc) is 2.65. The fourth-order valence-corrected chi connectivity index (χ4v) is 3.19. The van der Waals surface area contributed by atoms with Gasteiger partial charge < -0.3 is 16.0 Å². The van der Waals surface area contributed by atoms with E-state index >= 15 is 0 Å². The van der Waals surface area contributed by atoms with Crippen molar-refractivity contribution in [3.05, 3.63) is 51.2 Å². The van der Waals surface area contributed by atoms with Gasteiger partial charge in [0.2, 0.25) is 5.91 Å². The molecule has 0 aliphatic carbocycles. The van der Waals surface area contributed by atoms with Gasteiger partial charge in [-0.15, -0.1) is 0 Å². The van der Waals surface area contributed by atoms with Gasteiger partial charge in [0.05, 0.1) is 0 Å². The fourth-order valence-electron chi connectivity index (χ4n) is 3.19. The predicted molar refractivity (Wildman–Crippen MR) is 101 cm³/mol. The maximum atomic E-state index is 12.9. The first kappa shape index (κ1) is 17.8. The Morgan fingerprint density at radius 3 is 2.42 bits per heavy atom. The van der Waals surface area contributed by atoms with Gasteiger partial charge in [-0.1, -0.05) is 18.2 Å². The number of nitrogens with one attached hydrogen (secondary N) is 1. The van der Waals surface area contributed by atoms with Crippen LogP contribution in [0.15, 0.2) is 39.9 Å². The quantitative estimate of drug-likeness (QED) is 0.841. The Balaban J connectivity index is 1.93. The summed E-state index contributed by atoms with van der Waals surface area (Å²) < 4.78 is 2.17. The van der Waals surface area contributed by atoms with Gasteiger partial charge in [0.15, 0.2) is 0 Å². The molecular formula is C18H23N5O3. The van der Waals surface area contributed by atoms with Crippen molar-refractivity contribution < 1.29 is 4.79 Å². The Morgan fingerprint density at radius 2 is 1.77 bits per heavy atom. The van der Waals surface area contributed by atoms with Crippen LogP contribution in [-0.4, -0.2) is 28.1 Å². The normalized spacial score (nSPS) is 14.3. The summed E-state index contributed by atoms with van der Waals surface area (Å²) in [5, 5.41) is 2.69. The number of amides is 1. The van der Waals surface area contributed by atoms with Crippen LogP contribution in [0.5, 0.6) is 0 Å². The van der Waals surface area contributed by atoms with E-state index in [1.165, 1.54) is 11.6 Å². The maximum Gasteiger partial charge on any atom is 0.332 e. The zero-order valence-corrected chi connectivity index (χ0v) is 14.8. The summed E-state index contributed by atoms with van der Waals surface area (Å²) in [6, 6.07) is 8.89. The summed E-state index contributed by atoms with van der Waals surface area (Å²) in [6.07, 6.45) is 3.04. The Hall–Kier alpha value is -3.03. The van der Waals surface area contributed by atoms with Gasteiger partial charge in [0.25, 0.3) is 5.56 Å². The van der Waals surface area contributed by atoms with Gasteiger partial charge in [-0.05, 0) is 31.4 Å². The molecule has 8 heteroatoms. The molecule has 1 amide bonds. The zero-order chi connectivity index (χ0) is 18.7. The van der Waals surface area contributed by atoms with Gasteiger partial charge in [-0.3, -0.25) is 14.2 Å². The van der Waals surface area contributed by atoms with E-state index in [1.807, 2.05) is 11.0 Å². The summed E-state index contributed by atoms with van der Waals surface area (Å²) in [6.45, 7) is 1.07. The number of carbonyl (C=O) groups is 1. The number of nitrogens with two attached hydrogens (primary N) is 1. The number of piperidine rings is 1. The summed E-state index contributed by atoms with van der Waals surface area (Å²) >= 11 is 0. The second-order valence-electron chi connectivity index (χ2n) is 6.43. The van der Waals surface area contributed by atoms with E-state index in [9.17, 15) is 14.4 Å². The number of carbonyl (C=O) groups excluding carboxylic acids is 1.